The summed E-state index contributed by atoms with van der Waals surface area (Å²) in [7, 11) is -1.94. The maximum atomic E-state index is 13.7. The van der Waals surface area contributed by atoms with Crippen LogP contribution >= 0.6 is 30.1 Å². The summed E-state index contributed by atoms with van der Waals surface area (Å²) in [6, 6.07) is 1.34. The SMILES string of the molecule is CC(C)N(C(C)C)P(OCCC#N)OC1CCSSC1(C(F)(F)F)C(F)(F)F. The quantitative estimate of drug-likeness (QED) is 0.179. The van der Waals surface area contributed by atoms with E-state index in [1.807, 2.05) is 6.07 Å². The molecule has 0 aromatic carbocycles. The van der Waals surface area contributed by atoms with Crippen LogP contribution in [0.5, 0.6) is 0 Å². The van der Waals surface area contributed by atoms with E-state index in [9.17, 15) is 26.3 Å². The fourth-order valence-electron chi connectivity index (χ4n) is 2.70. The molecule has 4 nitrogen and oxygen atoms in total. The molecule has 2 unspecified atom stereocenters. The average molecular weight is 472 g/mol. The van der Waals surface area contributed by atoms with Crippen LogP contribution < -0.4 is 0 Å². The lowest BCUT2D eigenvalue weighted by atomic mass is 9.97. The number of hydrogen-bond donors (Lipinski definition) is 0. The second-order valence-electron chi connectivity index (χ2n) is 6.57. The van der Waals surface area contributed by atoms with Gasteiger partial charge in [-0.1, -0.05) is 21.6 Å². The summed E-state index contributed by atoms with van der Waals surface area (Å²) in [5.41, 5.74) is 0. The first-order valence-corrected chi connectivity index (χ1v) is 11.9. The molecule has 2 atom stereocenters. The molecule has 1 heterocycles. The van der Waals surface area contributed by atoms with Crippen molar-refractivity contribution in [2.45, 2.75) is 75.8 Å². The molecule has 0 N–H and O–H groups in total. The highest BCUT2D eigenvalue weighted by Gasteiger charge is 2.76. The standard InChI is InChI=1S/C15H23F6N2O2PS2/c1-10(2)23(11(3)4)26(24-8-5-7-22)25-12-6-9-27-28-13(12,14(16,17)18)15(19,20)21/h10-12H,5-6,8-9H2,1-4H3. The first kappa shape index (κ1) is 26.1. The molecule has 0 bridgehead atoms. The predicted octanol–water partition coefficient (Wildman–Crippen LogP) is 6.30. The smallest absolute Gasteiger partial charge is 0.321 e. The van der Waals surface area contributed by atoms with Gasteiger partial charge < -0.3 is 9.05 Å². The summed E-state index contributed by atoms with van der Waals surface area (Å²) in [5, 5.41) is 8.67. The molecular formula is C15H23F6N2O2PS2. The predicted molar refractivity (Wildman–Crippen MR) is 99.6 cm³/mol. The van der Waals surface area contributed by atoms with E-state index in [4.69, 9.17) is 14.3 Å². The van der Waals surface area contributed by atoms with Crippen LogP contribution in [0.15, 0.2) is 0 Å². The van der Waals surface area contributed by atoms with Crippen molar-refractivity contribution in [3.05, 3.63) is 0 Å². The Balaban J connectivity index is 3.30. The van der Waals surface area contributed by atoms with E-state index in [-0.39, 0.29) is 41.7 Å². The minimum Gasteiger partial charge on any atom is -0.321 e. The van der Waals surface area contributed by atoms with E-state index in [0.717, 1.165) is 0 Å². The zero-order chi connectivity index (χ0) is 21.8. The summed E-state index contributed by atoms with van der Waals surface area (Å²) in [5.74, 6) is 0.0912. The van der Waals surface area contributed by atoms with Crippen LogP contribution in [0, 0.1) is 11.3 Å². The van der Waals surface area contributed by atoms with Gasteiger partial charge >= 0.3 is 12.4 Å². The van der Waals surface area contributed by atoms with E-state index in [2.05, 4.69) is 0 Å². The van der Waals surface area contributed by atoms with E-state index in [0.29, 0.717) is 10.8 Å². The maximum Gasteiger partial charge on any atom is 0.415 e. The molecule has 0 radical (unpaired) electrons. The van der Waals surface area contributed by atoms with Gasteiger partial charge in [0.2, 0.25) is 4.75 Å². The summed E-state index contributed by atoms with van der Waals surface area (Å²) in [6.07, 6.45) is -13.7. The van der Waals surface area contributed by atoms with Crippen LogP contribution in [0.25, 0.3) is 0 Å². The lowest BCUT2D eigenvalue weighted by Gasteiger charge is -2.46. The maximum absolute atomic E-state index is 13.7. The molecule has 0 amide bonds. The molecule has 0 aliphatic carbocycles. The zero-order valence-electron chi connectivity index (χ0n) is 15.8. The molecule has 13 heteroatoms. The topological polar surface area (TPSA) is 45.5 Å². The van der Waals surface area contributed by atoms with E-state index in [1.54, 1.807) is 32.4 Å². The van der Waals surface area contributed by atoms with E-state index in [1.165, 1.54) is 0 Å². The number of alkyl halides is 6. The molecule has 1 saturated heterocycles. The molecule has 1 aliphatic heterocycles. The third kappa shape index (κ3) is 5.82. The van der Waals surface area contributed by atoms with Crippen LogP contribution in [-0.4, -0.2) is 52.3 Å². The summed E-state index contributed by atoms with van der Waals surface area (Å²) in [4.78, 5) is 0. The highest BCUT2D eigenvalue weighted by molar-refractivity contribution is 8.77. The van der Waals surface area contributed by atoms with Crippen LogP contribution in [0.3, 0.4) is 0 Å². The molecule has 28 heavy (non-hydrogen) atoms. The average Bonchev–Trinajstić information content (AvgIpc) is 2.52. The fourth-order valence-corrected chi connectivity index (χ4v) is 7.58. The van der Waals surface area contributed by atoms with E-state index < -0.39 is 38.2 Å². The van der Waals surface area contributed by atoms with Crippen molar-refractivity contribution in [1.29, 1.82) is 5.26 Å². The third-order valence-electron chi connectivity index (χ3n) is 3.83. The van der Waals surface area contributed by atoms with Gasteiger partial charge in [0, 0.05) is 17.8 Å². The van der Waals surface area contributed by atoms with Gasteiger partial charge in [0.15, 0.2) is 0 Å². The van der Waals surface area contributed by atoms with Crippen molar-refractivity contribution in [2.24, 2.45) is 0 Å². The largest absolute Gasteiger partial charge is 0.415 e. The Morgan fingerprint density at radius 3 is 2.11 bits per heavy atom. The second-order valence-corrected chi connectivity index (χ2v) is 10.6. The Hall–Kier alpha value is 0.0800. The number of rotatable bonds is 8. The van der Waals surface area contributed by atoms with Crippen LogP contribution in [0.4, 0.5) is 26.3 Å². The second kappa shape index (κ2) is 10.4. The minimum absolute atomic E-state index is 0.0504. The van der Waals surface area contributed by atoms with Gasteiger partial charge in [0.05, 0.1) is 25.2 Å². The van der Waals surface area contributed by atoms with Crippen LogP contribution in [-0.2, 0) is 9.05 Å². The van der Waals surface area contributed by atoms with Gasteiger partial charge in [-0.2, -0.15) is 31.6 Å². The van der Waals surface area contributed by atoms with Crippen molar-refractivity contribution in [3.63, 3.8) is 0 Å². The molecule has 1 rings (SSSR count). The Bertz CT molecular complexity index is 520. The third-order valence-corrected chi connectivity index (χ3v) is 9.12. The summed E-state index contributed by atoms with van der Waals surface area (Å²) in [6.45, 7) is 6.85. The monoisotopic (exact) mass is 472 g/mol. The highest BCUT2D eigenvalue weighted by Crippen LogP contribution is 2.64. The van der Waals surface area contributed by atoms with Gasteiger partial charge in [-0.15, -0.1) is 0 Å². The lowest BCUT2D eigenvalue weighted by molar-refractivity contribution is -0.283. The zero-order valence-corrected chi connectivity index (χ0v) is 18.3. The number of hydrogen-bond acceptors (Lipinski definition) is 6. The molecular weight excluding hydrogens is 449 g/mol. The van der Waals surface area contributed by atoms with E-state index >= 15 is 0 Å². The van der Waals surface area contributed by atoms with Gasteiger partial charge in [0.1, 0.15) is 0 Å². The molecule has 1 aliphatic rings. The molecule has 0 spiro atoms. The van der Waals surface area contributed by atoms with Crippen molar-refractivity contribution in [2.75, 3.05) is 12.4 Å². The number of nitriles is 1. The van der Waals surface area contributed by atoms with Crippen molar-refractivity contribution in [1.82, 2.24) is 4.67 Å². The number of nitrogens with zero attached hydrogens (tertiary/aromatic N) is 2. The molecule has 0 aromatic heterocycles. The molecule has 0 saturated carbocycles. The van der Waals surface area contributed by atoms with Crippen molar-refractivity contribution >= 4 is 30.1 Å². The lowest BCUT2D eigenvalue weighted by Crippen LogP contribution is -2.63. The molecule has 1 fully saturated rings. The fraction of sp³-hybridized carbons (Fsp3) is 0.933. The van der Waals surface area contributed by atoms with Crippen molar-refractivity contribution < 1.29 is 35.4 Å². The van der Waals surface area contributed by atoms with Crippen molar-refractivity contribution in [3.8, 4) is 6.07 Å². The van der Waals surface area contributed by atoms with Gasteiger partial charge in [-0.05, 0) is 34.1 Å². The highest BCUT2D eigenvalue weighted by atomic mass is 33.1. The first-order chi connectivity index (χ1) is 12.8. The Kier molecular flexibility index (Phi) is 9.70. The normalized spacial score (nSPS) is 21.9. The first-order valence-electron chi connectivity index (χ1n) is 8.48. The molecule has 0 aromatic rings. The Morgan fingerprint density at radius 2 is 1.68 bits per heavy atom. The summed E-state index contributed by atoms with van der Waals surface area (Å²) < 4.78 is 90.7. The number of halogens is 6. The van der Waals surface area contributed by atoms with Gasteiger partial charge in [-0.25, -0.2) is 4.67 Å². The Morgan fingerprint density at radius 1 is 1.14 bits per heavy atom. The summed E-state index contributed by atoms with van der Waals surface area (Å²) >= 11 is 0. The van der Waals surface area contributed by atoms with Gasteiger partial charge in [-0.3, -0.25) is 0 Å². The van der Waals surface area contributed by atoms with Crippen LogP contribution in [0.1, 0.15) is 40.5 Å². The molecule has 164 valence electrons. The Labute approximate surface area is 170 Å². The van der Waals surface area contributed by atoms with Crippen LogP contribution in [0.2, 0.25) is 0 Å². The van der Waals surface area contributed by atoms with Gasteiger partial charge in [0.25, 0.3) is 8.53 Å². The minimum atomic E-state index is -5.55.